The van der Waals surface area contributed by atoms with Crippen molar-refractivity contribution in [2.75, 3.05) is 26.3 Å². The smallest absolute Gasteiger partial charge is 0.119 e. The van der Waals surface area contributed by atoms with Gasteiger partial charge in [0.1, 0.15) is 5.75 Å². The number of nitrogens with one attached hydrogen (secondary N) is 1. The van der Waals surface area contributed by atoms with Gasteiger partial charge in [-0.15, -0.1) is 0 Å². The molecule has 1 aromatic carbocycles. The molecule has 1 fully saturated rings. The minimum atomic E-state index is 0.186. The molecule has 0 spiro atoms. The van der Waals surface area contributed by atoms with Gasteiger partial charge in [0.25, 0.3) is 0 Å². The Morgan fingerprint density at radius 3 is 2.76 bits per heavy atom. The van der Waals surface area contributed by atoms with Crippen LogP contribution in [0.3, 0.4) is 0 Å². The van der Waals surface area contributed by atoms with Crippen LogP contribution in [0.4, 0.5) is 0 Å². The van der Waals surface area contributed by atoms with Crippen LogP contribution in [0.5, 0.6) is 5.75 Å². The second-order valence-electron chi connectivity index (χ2n) is 4.54. The number of benzene rings is 1. The Balaban J connectivity index is 1.88. The van der Waals surface area contributed by atoms with Crippen LogP contribution >= 0.6 is 0 Å². The molecule has 0 aliphatic carbocycles. The average molecular weight is 235 g/mol. The van der Waals surface area contributed by atoms with Crippen molar-refractivity contribution in [3.05, 3.63) is 29.8 Å². The van der Waals surface area contributed by atoms with Gasteiger partial charge in [-0.25, -0.2) is 0 Å². The summed E-state index contributed by atoms with van der Waals surface area (Å²) >= 11 is 0. The zero-order chi connectivity index (χ0) is 11.9. The topological polar surface area (TPSA) is 41.5 Å². The number of rotatable bonds is 5. The molecule has 1 saturated heterocycles. The van der Waals surface area contributed by atoms with Gasteiger partial charge in [0.2, 0.25) is 0 Å². The van der Waals surface area contributed by atoms with E-state index < -0.39 is 0 Å². The molecular formula is C14H21NO2. The van der Waals surface area contributed by atoms with Gasteiger partial charge in [-0.2, -0.15) is 0 Å². The molecule has 1 aromatic rings. The van der Waals surface area contributed by atoms with E-state index >= 15 is 0 Å². The summed E-state index contributed by atoms with van der Waals surface area (Å²) in [5.74, 6) is 1.54. The minimum Gasteiger partial charge on any atom is -0.494 e. The van der Waals surface area contributed by atoms with Crippen molar-refractivity contribution >= 4 is 0 Å². The summed E-state index contributed by atoms with van der Waals surface area (Å²) in [4.78, 5) is 0. The van der Waals surface area contributed by atoms with Crippen LogP contribution in [0.25, 0.3) is 0 Å². The summed E-state index contributed by atoms with van der Waals surface area (Å²) in [6.07, 6.45) is 3.23. The third-order valence-corrected chi connectivity index (χ3v) is 3.22. The maximum Gasteiger partial charge on any atom is 0.119 e. The van der Waals surface area contributed by atoms with E-state index in [4.69, 9.17) is 9.84 Å². The fourth-order valence-corrected chi connectivity index (χ4v) is 2.23. The molecule has 0 amide bonds. The number of hydrogen-bond acceptors (Lipinski definition) is 3. The van der Waals surface area contributed by atoms with Gasteiger partial charge in [0, 0.05) is 19.6 Å². The molecule has 1 aliphatic heterocycles. The summed E-state index contributed by atoms with van der Waals surface area (Å²) in [5, 5.41) is 12.1. The second kappa shape index (κ2) is 6.62. The number of hydrogen-bond donors (Lipinski definition) is 2. The van der Waals surface area contributed by atoms with E-state index in [1.807, 2.05) is 12.1 Å². The first-order valence-corrected chi connectivity index (χ1v) is 6.44. The lowest BCUT2D eigenvalue weighted by Crippen LogP contribution is -2.28. The number of aliphatic hydroxyl groups is 1. The molecule has 2 N–H and O–H groups in total. The Morgan fingerprint density at radius 1 is 1.29 bits per heavy atom. The lowest BCUT2D eigenvalue weighted by atomic mass is 9.92. The van der Waals surface area contributed by atoms with Crippen molar-refractivity contribution < 1.29 is 9.84 Å². The molecular weight excluding hydrogens is 214 g/mol. The Bertz CT molecular complexity index is 317. The Hall–Kier alpha value is -1.06. The third kappa shape index (κ3) is 3.72. The monoisotopic (exact) mass is 235 g/mol. The molecule has 2 rings (SSSR count). The average Bonchev–Trinajstić information content (AvgIpc) is 2.41. The summed E-state index contributed by atoms with van der Waals surface area (Å²) in [5.41, 5.74) is 1.40. The van der Waals surface area contributed by atoms with E-state index in [-0.39, 0.29) is 6.61 Å². The fraction of sp³-hybridized carbons (Fsp3) is 0.571. The fourth-order valence-electron chi connectivity index (χ4n) is 2.23. The zero-order valence-corrected chi connectivity index (χ0v) is 10.2. The second-order valence-corrected chi connectivity index (χ2v) is 4.54. The number of piperidine rings is 1. The molecule has 17 heavy (non-hydrogen) atoms. The SMILES string of the molecule is OCCCOc1ccc(C2CCCNC2)cc1. The Kier molecular flexibility index (Phi) is 4.83. The lowest BCUT2D eigenvalue weighted by molar-refractivity contribution is 0.233. The first-order valence-electron chi connectivity index (χ1n) is 6.44. The predicted octanol–water partition coefficient (Wildman–Crippen LogP) is 1.91. The lowest BCUT2D eigenvalue weighted by Gasteiger charge is -2.23. The molecule has 3 nitrogen and oxygen atoms in total. The molecule has 1 atom stereocenters. The Morgan fingerprint density at radius 2 is 2.12 bits per heavy atom. The molecule has 0 bridgehead atoms. The van der Waals surface area contributed by atoms with Crippen molar-refractivity contribution in [1.82, 2.24) is 5.32 Å². The third-order valence-electron chi connectivity index (χ3n) is 3.22. The van der Waals surface area contributed by atoms with Crippen LogP contribution in [0.1, 0.15) is 30.7 Å². The van der Waals surface area contributed by atoms with Crippen LogP contribution in [0.15, 0.2) is 24.3 Å². The van der Waals surface area contributed by atoms with Crippen LogP contribution in [0, 0.1) is 0 Å². The minimum absolute atomic E-state index is 0.186. The van der Waals surface area contributed by atoms with Gasteiger partial charge in [0.15, 0.2) is 0 Å². The van der Waals surface area contributed by atoms with E-state index in [2.05, 4.69) is 17.4 Å². The first-order chi connectivity index (χ1) is 8.40. The van der Waals surface area contributed by atoms with Crippen molar-refractivity contribution in [2.24, 2.45) is 0 Å². The van der Waals surface area contributed by atoms with Gasteiger partial charge in [-0.1, -0.05) is 12.1 Å². The highest BCUT2D eigenvalue weighted by atomic mass is 16.5. The molecule has 3 heteroatoms. The van der Waals surface area contributed by atoms with Crippen molar-refractivity contribution in [2.45, 2.75) is 25.2 Å². The predicted molar refractivity (Wildman–Crippen MR) is 68.5 cm³/mol. The molecule has 0 aromatic heterocycles. The van der Waals surface area contributed by atoms with Gasteiger partial charge < -0.3 is 15.2 Å². The molecule has 1 aliphatic rings. The quantitative estimate of drug-likeness (QED) is 0.766. The maximum atomic E-state index is 8.67. The van der Waals surface area contributed by atoms with Gasteiger partial charge in [-0.05, 0) is 43.0 Å². The van der Waals surface area contributed by atoms with E-state index in [9.17, 15) is 0 Å². The highest BCUT2D eigenvalue weighted by molar-refractivity contribution is 5.29. The normalized spacial score (nSPS) is 20.2. The molecule has 1 unspecified atom stereocenters. The van der Waals surface area contributed by atoms with Gasteiger partial charge >= 0.3 is 0 Å². The molecule has 1 heterocycles. The molecule has 94 valence electrons. The van der Waals surface area contributed by atoms with Crippen LogP contribution < -0.4 is 10.1 Å². The molecule has 0 radical (unpaired) electrons. The summed E-state index contributed by atoms with van der Waals surface area (Å²) in [6.45, 7) is 3.01. The maximum absolute atomic E-state index is 8.67. The number of ether oxygens (including phenoxy) is 1. The van der Waals surface area contributed by atoms with E-state index in [0.717, 1.165) is 18.8 Å². The zero-order valence-electron chi connectivity index (χ0n) is 10.2. The van der Waals surface area contributed by atoms with Gasteiger partial charge in [-0.3, -0.25) is 0 Å². The summed E-state index contributed by atoms with van der Waals surface area (Å²) in [6, 6.07) is 8.38. The Labute approximate surface area is 103 Å². The van der Waals surface area contributed by atoms with Crippen LogP contribution in [0.2, 0.25) is 0 Å². The van der Waals surface area contributed by atoms with Crippen LogP contribution in [-0.2, 0) is 0 Å². The molecule has 0 saturated carbocycles. The van der Waals surface area contributed by atoms with E-state index in [1.54, 1.807) is 0 Å². The number of aliphatic hydroxyl groups excluding tert-OH is 1. The van der Waals surface area contributed by atoms with Crippen molar-refractivity contribution in [1.29, 1.82) is 0 Å². The highest BCUT2D eigenvalue weighted by Gasteiger charge is 2.14. The van der Waals surface area contributed by atoms with Crippen LogP contribution in [-0.4, -0.2) is 31.4 Å². The summed E-state index contributed by atoms with van der Waals surface area (Å²) < 4.78 is 5.51. The summed E-state index contributed by atoms with van der Waals surface area (Å²) in [7, 11) is 0. The largest absolute Gasteiger partial charge is 0.494 e. The standard InChI is InChI=1S/C14H21NO2/c16-9-2-10-17-14-6-4-12(5-7-14)13-3-1-8-15-11-13/h4-7,13,15-16H,1-3,8-11H2. The first kappa shape index (κ1) is 12.4. The highest BCUT2D eigenvalue weighted by Crippen LogP contribution is 2.24. The van der Waals surface area contributed by atoms with Crippen molar-refractivity contribution in [3.63, 3.8) is 0 Å². The van der Waals surface area contributed by atoms with E-state index in [1.165, 1.54) is 18.4 Å². The van der Waals surface area contributed by atoms with Crippen molar-refractivity contribution in [3.8, 4) is 5.75 Å². The van der Waals surface area contributed by atoms with Gasteiger partial charge in [0.05, 0.1) is 6.61 Å². The van der Waals surface area contributed by atoms with E-state index in [0.29, 0.717) is 18.9 Å².